The van der Waals surface area contributed by atoms with Crippen LogP contribution in [0.1, 0.15) is 5.56 Å². The zero-order chi connectivity index (χ0) is 19.2. The smallest absolute Gasteiger partial charge is 0.163 e. The summed E-state index contributed by atoms with van der Waals surface area (Å²) < 4.78 is 0. The predicted octanol–water partition coefficient (Wildman–Crippen LogP) is 4.82. The minimum Gasteiger partial charge on any atom is -0.369 e. The highest BCUT2D eigenvalue weighted by Gasteiger charge is 2.08. The third kappa shape index (κ3) is 5.42. The van der Waals surface area contributed by atoms with Crippen molar-refractivity contribution in [2.24, 2.45) is 0 Å². The second kappa shape index (κ2) is 8.84. The molecule has 0 aliphatic rings. The average molecular weight is 382 g/mol. The summed E-state index contributed by atoms with van der Waals surface area (Å²) in [4.78, 5) is 11.5. The SMILES string of the molecule is Cc1cc(Cl)ccc1Nc1cc(NCCN(C)C)nc(-c2ccccc2)n1. The van der Waals surface area contributed by atoms with Gasteiger partial charge in [0.25, 0.3) is 0 Å². The predicted molar refractivity (Wildman–Crippen MR) is 114 cm³/mol. The molecule has 5 nitrogen and oxygen atoms in total. The molecule has 140 valence electrons. The van der Waals surface area contributed by atoms with Gasteiger partial charge in [-0.15, -0.1) is 0 Å². The molecule has 0 unspecified atom stereocenters. The normalized spacial score (nSPS) is 10.9. The summed E-state index contributed by atoms with van der Waals surface area (Å²) in [5.74, 6) is 2.21. The molecule has 1 heterocycles. The number of hydrogen-bond donors (Lipinski definition) is 2. The Labute approximate surface area is 165 Å². The van der Waals surface area contributed by atoms with Crippen molar-refractivity contribution in [3.8, 4) is 11.4 Å². The highest BCUT2D eigenvalue weighted by Crippen LogP contribution is 2.26. The van der Waals surface area contributed by atoms with E-state index in [-0.39, 0.29) is 0 Å². The summed E-state index contributed by atoms with van der Waals surface area (Å²) >= 11 is 6.07. The Morgan fingerprint density at radius 2 is 1.70 bits per heavy atom. The van der Waals surface area contributed by atoms with Crippen LogP contribution in [-0.4, -0.2) is 42.1 Å². The van der Waals surface area contributed by atoms with Crippen molar-refractivity contribution in [1.29, 1.82) is 0 Å². The van der Waals surface area contributed by atoms with Crippen molar-refractivity contribution in [2.75, 3.05) is 37.8 Å². The van der Waals surface area contributed by atoms with Gasteiger partial charge >= 0.3 is 0 Å². The lowest BCUT2D eigenvalue weighted by Crippen LogP contribution is -2.21. The molecular formula is C21H24ClN5. The average Bonchev–Trinajstić information content (AvgIpc) is 2.64. The lowest BCUT2D eigenvalue weighted by molar-refractivity contribution is 0.425. The summed E-state index contributed by atoms with van der Waals surface area (Å²) in [6, 6.07) is 17.7. The standard InChI is InChI=1S/C21H24ClN5/c1-15-13-17(22)9-10-18(15)24-20-14-19(23-11-12-27(2)3)25-21(26-20)16-7-5-4-6-8-16/h4-10,13-14H,11-12H2,1-3H3,(H2,23,24,25,26). The monoisotopic (exact) mass is 381 g/mol. The van der Waals surface area contributed by atoms with E-state index in [0.717, 1.165) is 46.6 Å². The number of aryl methyl sites for hydroxylation is 1. The minimum atomic E-state index is 0.680. The van der Waals surface area contributed by atoms with Crippen LogP contribution in [0.15, 0.2) is 54.6 Å². The number of rotatable bonds is 7. The van der Waals surface area contributed by atoms with Crippen LogP contribution in [0.3, 0.4) is 0 Å². The van der Waals surface area contributed by atoms with Gasteiger partial charge in [0.1, 0.15) is 11.6 Å². The number of hydrogen-bond acceptors (Lipinski definition) is 5. The van der Waals surface area contributed by atoms with Crippen LogP contribution in [0, 0.1) is 6.92 Å². The van der Waals surface area contributed by atoms with Crippen LogP contribution in [0.4, 0.5) is 17.3 Å². The molecule has 2 aromatic carbocycles. The number of anilines is 3. The van der Waals surface area contributed by atoms with E-state index in [1.54, 1.807) is 0 Å². The first-order valence-corrected chi connectivity index (χ1v) is 9.25. The van der Waals surface area contributed by atoms with E-state index in [2.05, 4.69) is 20.5 Å². The van der Waals surface area contributed by atoms with E-state index in [4.69, 9.17) is 16.6 Å². The maximum absolute atomic E-state index is 6.07. The van der Waals surface area contributed by atoms with Gasteiger partial charge in [-0.2, -0.15) is 0 Å². The Morgan fingerprint density at radius 3 is 2.41 bits per heavy atom. The molecule has 27 heavy (non-hydrogen) atoms. The third-order valence-electron chi connectivity index (χ3n) is 4.07. The van der Waals surface area contributed by atoms with Crippen LogP contribution < -0.4 is 10.6 Å². The van der Waals surface area contributed by atoms with E-state index in [0.29, 0.717) is 5.82 Å². The fraction of sp³-hybridized carbons (Fsp3) is 0.238. The molecule has 0 aliphatic heterocycles. The fourth-order valence-corrected chi connectivity index (χ4v) is 2.86. The molecule has 0 bridgehead atoms. The van der Waals surface area contributed by atoms with Crippen molar-refractivity contribution < 1.29 is 0 Å². The van der Waals surface area contributed by atoms with E-state index < -0.39 is 0 Å². The summed E-state index contributed by atoms with van der Waals surface area (Å²) in [5, 5.41) is 7.49. The van der Waals surface area contributed by atoms with E-state index in [1.165, 1.54) is 0 Å². The zero-order valence-electron chi connectivity index (χ0n) is 15.8. The molecule has 3 aromatic rings. The first-order chi connectivity index (χ1) is 13.0. The van der Waals surface area contributed by atoms with Gasteiger partial charge in [0.05, 0.1) is 0 Å². The number of nitrogens with one attached hydrogen (secondary N) is 2. The van der Waals surface area contributed by atoms with Crippen LogP contribution in [0.2, 0.25) is 5.02 Å². The Morgan fingerprint density at radius 1 is 0.963 bits per heavy atom. The van der Waals surface area contributed by atoms with Crippen LogP contribution >= 0.6 is 11.6 Å². The Hall–Kier alpha value is -2.63. The van der Waals surface area contributed by atoms with Crippen LogP contribution in [-0.2, 0) is 0 Å². The molecule has 0 amide bonds. The first kappa shape index (κ1) is 19.1. The molecule has 0 fully saturated rings. The summed E-state index contributed by atoms with van der Waals surface area (Å²) in [5.41, 5.74) is 3.01. The Balaban J connectivity index is 1.91. The number of nitrogens with zero attached hydrogens (tertiary/aromatic N) is 3. The van der Waals surface area contributed by atoms with E-state index >= 15 is 0 Å². The van der Waals surface area contributed by atoms with Gasteiger partial charge in [-0.05, 0) is 44.8 Å². The van der Waals surface area contributed by atoms with Crippen LogP contribution in [0.25, 0.3) is 11.4 Å². The number of aromatic nitrogens is 2. The Bertz CT molecular complexity index is 896. The lowest BCUT2D eigenvalue weighted by atomic mass is 10.2. The first-order valence-electron chi connectivity index (χ1n) is 8.87. The van der Waals surface area contributed by atoms with Crippen molar-refractivity contribution in [1.82, 2.24) is 14.9 Å². The molecule has 0 saturated carbocycles. The fourth-order valence-electron chi connectivity index (χ4n) is 2.63. The number of halogens is 1. The molecule has 0 aliphatic carbocycles. The van der Waals surface area contributed by atoms with Gasteiger partial charge in [-0.25, -0.2) is 9.97 Å². The zero-order valence-corrected chi connectivity index (χ0v) is 16.6. The van der Waals surface area contributed by atoms with Gasteiger partial charge in [0.2, 0.25) is 0 Å². The molecule has 6 heteroatoms. The number of benzene rings is 2. The van der Waals surface area contributed by atoms with Crippen molar-refractivity contribution in [3.63, 3.8) is 0 Å². The molecule has 1 aromatic heterocycles. The topological polar surface area (TPSA) is 53.1 Å². The summed E-state index contributed by atoms with van der Waals surface area (Å²) in [6.45, 7) is 3.74. The Kier molecular flexibility index (Phi) is 6.27. The van der Waals surface area contributed by atoms with E-state index in [9.17, 15) is 0 Å². The molecule has 2 N–H and O–H groups in total. The van der Waals surface area contributed by atoms with Gasteiger partial charge in [0.15, 0.2) is 5.82 Å². The van der Waals surface area contributed by atoms with Crippen LogP contribution in [0.5, 0.6) is 0 Å². The second-order valence-electron chi connectivity index (χ2n) is 6.64. The lowest BCUT2D eigenvalue weighted by Gasteiger charge is -2.14. The summed E-state index contributed by atoms with van der Waals surface area (Å²) in [6.07, 6.45) is 0. The van der Waals surface area contributed by atoms with E-state index in [1.807, 2.05) is 75.6 Å². The molecule has 0 saturated heterocycles. The van der Waals surface area contributed by atoms with Crippen molar-refractivity contribution in [2.45, 2.75) is 6.92 Å². The van der Waals surface area contributed by atoms with Crippen molar-refractivity contribution in [3.05, 3.63) is 65.2 Å². The van der Waals surface area contributed by atoms with Crippen molar-refractivity contribution >= 4 is 28.9 Å². The molecule has 0 radical (unpaired) electrons. The van der Waals surface area contributed by atoms with Gasteiger partial charge < -0.3 is 15.5 Å². The third-order valence-corrected chi connectivity index (χ3v) is 4.31. The molecule has 0 spiro atoms. The minimum absolute atomic E-state index is 0.680. The molecule has 0 atom stereocenters. The molecule has 3 rings (SSSR count). The summed E-state index contributed by atoms with van der Waals surface area (Å²) in [7, 11) is 4.10. The maximum atomic E-state index is 6.07. The van der Waals surface area contributed by atoms with Gasteiger partial charge in [-0.1, -0.05) is 41.9 Å². The second-order valence-corrected chi connectivity index (χ2v) is 7.08. The van der Waals surface area contributed by atoms with Gasteiger partial charge in [-0.3, -0.25) is 0 Å². The maximum Gasteiger partial charge on any atom is 0.163 e. The van der Waals surface area contributed by atoms with Gasteiger partial charge in [0, 0.05) is 35.4 Å². The number of likely N-dealkylation sites (N-methyl/N-ethyl adjacent to an activating group) is 1. The largest absolute Gasteiger partial charge is 0.369 e. The molecular weight excluding hydrogens is 358 g/mol. The quantitative estimate of drug-likeness (QED) is 0.614. The highest BCUT2D eigenvalue weighted by atomic mass is 35.5. The highest BCUT2D eigenvalue weighted by molar-refractivity contribution is 6.30.